The van der Waals surface area contributed by atoms with E-state index in [1.54, 1.807) is 0 Å². The quantitative estimate of drug-likeness (QED) is 0.893. The summed E-state index contributed by atoms with van der Waals surface area (Å²) >= 11 is 0. The zero-order chi connectivity index (χ0) is 12.5. The Balaban J connectivity index is 1.92. The second-order valence-corrected chi connectivity index (χ2v) is 5.18. The SMILES string of the molecule is CNC(Cc1nc2ccccc2nc1C)C1CC1. The van der Waals surface area contributed by atoms with E-state index >= 15 is 0 Å². The van der Waals surface area contributed by atoms with Crippen LogP contribution in [0.25, 0.3) is 11.0 Å². The highest BCUT2D eigenvalue weighted by Crippen LogP contribution is 2.34. The van der Waals surface area contributed by atoms with Crippen molar-refractivity contribution in [1.82, 2.24) is 15.3 Å². The zero-order valence-corrected chi connectivity index (χ0v) is 11.0. The van der Waals surface area contributed by atoms with E-state index in [9.17, 15) is 0 Å². The Morgan fingerprint density at radius 2 is 1.89 bits per heavy atom. The molecule has 1 unspecified atom stereocenters. The molecule has 1 atom stereocenters. The molecule has 0 radical (unpaired) electrons. The minimum atomic E-state index is 0.555. The summed E-state index contributed by atoms with van der Waals surface area (Å²) in [4.78, 5) is 9.42. The summed E-state index contributed by atoms with van der Waals surface area (Å²) in [6, 6.07) is 8.65. The number of hydrogen-bond donors (Lipinski definition) is 1. The molecule has 0 saturated heterocycles. The fraction of sp³-hybridized carbons (Fsp3) is 0.467. The second-order valence-electron chi connectivity index (χ2n) is 5.18. The van der Waals surface area contributed by atoms with E-state index in [1.165, 1.54) is 12.8 Å². The number of nitrogens with one attached hydrogen (secondary N) is 1. The van der Waals surface area contributed by atoms with E-state index in [0.29, 0.717) is 6.04 Å². The smallest absolute Gasteiger partial charge is 0.0890 e. The van der Waals surface area contributed by atoms with Crippen molar-refractivity contribution < 1.29 is 0 Å². The van der Waals surface area contributed by atoms with Crippen LogP contribution < -0.4 is 5.32 Å². The highest BCUT2D eigenvalue weighted by Gasteiger charge is 2.30. The van der Waals surface area contributed by atoms with Gasteiger partial charge in [0.15, 0.2) is 0 Å². The number of rotatable bonds is 4. The molecule has 3 rings (SSSR count). The molecular weight excluding hydrogens is 222 g/mol. The van der Waals surface area contributed by atoms with Crippen molar-refractivity contribution in [2.24, 2.45) is 5.92 Å². The van der Waals surface area contributed by atoms with Crippen molar-refractivity contribution in [3.63, 3.8) is 0 Å². The van der Waals surface area contributed by atoms with Gasteiger partial charge in [-0.05, 0) is 44.9 Å². The molecule has 0 spiro atoms. The predicted molar refractivity (Wildman–Crippen MR) is 73.6 cm³/mol. The van der Waals surface area contributed by atoms with Crippen LogP contribution in [0.15, 0.2) is 24.3 Å². The number of benzene rings is 1. The normalized spacial score (nSPS) is 17.0. The molecule has 1 N–H and O–H groups in total. The fourth-order valence-corrected chi connectivity index (χ4v) is 2.53. The molecule has 0 bridgehead atoms. The molecule has 0 amide bonds. The van der Waals surface area contributed by atoms with Gasteiger partial charge in [-0.3, -0.25) is 0 Å². The van der Waals surface area contributed by atoms with Gasteiger partial charge in [0.25, 0.3) is 0 Å². The predicted octanol–water partition coefficient (Wildman–Crippen LogP) is 2.48. The Labute approximate surface area is 108 Å². The Morgan fingerprint density at radius 3 is 2.50 bits per heavy atom. The lowest BCUT2D eigenvalue weighted by Gasteiger charge is -2.16. The number of aryl methyl sites for hydroxylation is 1. The molecule has 18 heavy (non-hydrogen) atoms. The average Bonchev–Trinajstić information content (AvgIpc) is 3.20. The molecule has 1 heterocycles. The lowest BCUT2D eigenvalue weighted by molar-refractivity contribution is 0.494. The van der Waals surface area contributed by atoms with Crippen LogP contribution in [0.4, 0.5) is 0 Å². The number of hydrogen-bond acceptors (Lipinski definition) is 3. The molecular formula is C15H19N3. The summed E-state index contributed by atoms with van der Waals surface area (Å²) in [7, 11) is 2.05. The van der Waals surface area contributed by atoms with E-state index in [2.05, 4.69) is 17.2 Å². The second kappa shape index (κ2) is 4.65. The van der Waals surface area contributed by atoms with Crippen LogP contribution in [0.3, 0.4) is 0 Å². The van der Waals surface area contributed by atoms with Crippen LogP contribution in [0.1, 0.15) is 24.2 Å². The average molecular weight is 241 g/mol. The molecule has 1 aliphatic rings. The molecule has 1 fully saturated rings. The number of fused-ring (bicyclic) bond motifs is 1. The molecule has 0 aliphatic heterocycles. The molecule has 1 aliphatic carbocycles. The molecule has 1 saturated carbocycles. The summed E-state index contributed by atoms with van der Waals surface area (Å²) in [6.45, 7) is 2.06. The van der Waals surface area contributed by atoms with E-state index in [0.717, 1.165) is 34.8 Å². The largest absolute Gasteiger partial charge is 0.316 e. The number of nitrogens with zero attached hydrogens (tertiary/aromatic N) is 2. The summed E-state index contributed by atoms with van der Waals surface area (Å²) in [5.41, 5.74) is 4.20. The van der Waals surface area contributed by atoms with Gasteiger partial charge in [-0.2, -0.15) is 0 Å². The maximum Gasteiger partial charge on any atom is 0.0890 e. The minimum Gasteiger partial charge on any atom is -0.316 e. The number of aromatic nitrogens is 2. The van der Waals surface area contributed by atoms with E-state index < -0.39 is 0 Å². The van der Waals surface area contributed by atoms with Gasteiger partial charge in [-0.1, -0.05) is 12.1 Å². The third-order valence-electron chi connectivity index (χ3n) is 3.82. The van der Waals surface area contributed by atoms with E-state index in [1.807, 2.05) is 31.3 Å². The van der Waals surface area contributed by atoms with Crippen molar-refractivity contribution >= 4 is 11.0 Å². The third kappa shape index (κ3) is 2.23. The highest BCUT2D eigenvalue weighted by molar-refractivity contribution is 5.74. The molecule has 1 aromatic heterocycles. The van der Waals surface area contributed by atoms with Gasteiger partial charge in [0.05, 0.1) is 22.4 Å². The highest BCUT2D eigenvalue weighted by atomic mass is 14.9. The Bertz CT molecular complexity index is 561. The molecule has 1 aromatic carbocycles. The number of likely N-dealkylation sites (N-methyl/N-ethyl adjacent to an activating group) is 1. The van der Waals surface area contributed by atoms with E-state index in [-0.39, 0.29) is 0 Å². The van der Waals surface area contributed by atoms with Crippen LogP contribution in [0.5, 0.6) is 0 Å². The summed E-state index contributed by atoms with van der Waals surface area (Å²) in [5.74, 6) is 0.836. The van der Waals surface area contributed by atoms with Crippen molar-refractivity contribution in [2.45, 2.75) is 32.2 Å². The van der Waals surface area contributed by atoms with Crippen molar-refractivity contribution in [3.8, 4) is 0 Å². The first-order chi connectivity index (χ1) is 8.78. The lowest BCUT2D eigenvalue weighted by Crippen LogP contribution is -2.30. The van der Waals surface area contributed by atoms with Gasteiger partial charge in [-0.15, -0.1) is 0 Å². The summed E-state index contributed by atoms with van der Waals surface area (Å²) < 4.78 is 0. The summed E-state index contributed by atoms with van der Waals surface area (Å²) in [5, 5.41) is 3.42. The van der Waals surface area contributed by atoms with Crippen LogP contribution in [-0.2, 0) is 6.42 Å². The lowest BCUT2D eigenvalue weighted by atomic mass is 10.1. The van der Waals surface area contributed by atoms with Gasteiger partial charge >= 0.3 is 0 Å². The fourth-order valence-electron chi connectivity index (χ4n) is 2.53. The maximum atomic E-state index is 4.77. The minimum absolute atomic E-state index is 0.555. The molecule has 3 nitrogen and oxygen atoms in total. The summed E-state index contributed by atoms with van der Waals surface area (Å²) in [6.07, 6.45) is 3.70. The van der Waals surface area contributed by atoms with E-state index in [4.69, 9.17) is 4.98 Å². The van der Waals surface area contributed by atoms with Gasteiger partial charge in [0.1, 0.15) is 0 Å². The molecule has 3 heteroatoms. The first kappa shape index (κ1) is 11.6. The van der Waals surface area contributed by atoms with Crippen LogP contribution >= 0.6 is 0 Å². The number of para-hydroxylation sites is 2. The Kier molecular flexibility index (Phi) is 3.00. The topological polar surface area (TPSA) is 37.8 Å². The van der Waals surface area contributed by atoms with Gasteiger partial charge < -0.3 is 5.32 Å². The first-order valence-electron chi connectivity index (χ1n) is 6.67. The Morgan fingerprint density at radius 1 is 1.22 bits per heavy atom. The first-order valence-corrected chi connectivity index (χ1v) is 6.67. The van der Waals surface area contributed by atoms with Gasteiger partial charge in [0.2, 0.25) is 0 Å². The van der Waals surface area contributed by atoms with Crippen LogP contribution in [0.2, 0.25) is 0 Å². The maximum absolute atomic E-state index is 4.77. The molecule has 2 aromatic rings. The van der Waals surface area contributed by atoms with Crippen molar-refractivity contribution in [2.75, 3.05) is 7.05 Å². The van der Waals surface area contributed by atoms with Crippen LogP contribution in [-0.4, -0.2) is 23.1 Å². The van der Waals surface area contributed by atoms with Gasteiger partial charge in [-0.25, -0.2) is 9.97 Å². The Hall–Kier alpha value is -1.48. The third-order valence-corrected chi connectivity index (χ3v) is 3.82. The monoisotopic (exact) mass is 241 g/mol. The van der Waals surface area contributed by atoms with Crippen molar-refractivity contribution in [1.29, 1.82) is 0 Å². The van der Waals surface area contributed by atoms with Gasteiger partial charge in [0, 0.05) is 12.5 Å². The van der Waals surface area contributed by atoms with Crippen molar-refractivity contribution in [3.05, 3.63) is 35.7 Å². The van der Waals surface area contributed by atoms with Crippen LogP contribution in [0, 0.1) is 12.8 Å². The standard InChI is InChI=1S/C15H19N3/c1-10-14(9-15(16-2)11-7-8-11)18-13-6-4-3-5-12(13)17-10/h3-6,11,15-16H,7-9H2,1-2H3. The zero-order valence-electron chi connectivity index (χ0n) is 11.0. The molecule has 94 valence electrons.